The Morgan fingerprint density at radius 3 is 2.82 bits per heavy atom. The minimum atomic E-state index is -0.338. The Kier molecular flexibility index (Phi) is 3.59. The van der Waals surface area contributed by atoms with Gasteiger partial charge < -0.3 is 4.31 Å². The van der Waals surface area contributed by atoms with Crippen molar-refractivity contribution in [1.82, 2.24) is 9.78 Å². The summed E-state index contributed by atoms with van der Waals surface area (Å²) < 4.78 is 16.2. The van der Waals surface area contributed by atoms with E-state index in [1.165, 1.54) is 12.1 Å². The van der Waals surface area contributed by atoms with Crippen molar-refractivity contribution in [2.24, 2.45) is 0 Å². The Hall–Kier alpha value is -1.20. The summed E-state index contributed by atoms with van der Waals surface area (Å²) in [5.41, 5.74) is 0.824. The van der Waals surface area contributed by atoms with Crippen LogP contribution < -0.4 is 4.31 Å². The van der Waals surface area contributed by atoms with Crippen LogP contribution in [-0.4, -0.2) is 16.8 Å². The summed E-state index contributed by atoms with van der Waals surface area (Å²) in [6.07, 6.45) is 1.82. The Labute approximate surface area is 109 Å². The van der Waals surface area contributed by atoms with Crippen molar-refractivity contribution in [3.63, 3.8) is 0 Å². The predicted octanol–water partition coefficient (Wildman–Crippen LogP) is 3.00. The zero-order valence-electron chi connectivity index (χ0n) is 9.14. The quantitative estimate of drug-likeness (QED) is 0.867. The van der Waals surface area contributed by atoms with Gasteiger partial charge in [0, 0.05) is 24.3 Å². The third kappa shape index (κ3) is 2.92. The first-order valence-electron chi connectivity index (χ1n) is 4.96. The SMILES string of the molecule is CN(S)c1ccn(Cc2ccc(F)cc2Cl)n1. The van der Waals surface area contributed by atoms with E-state index in [1.54, 1.807) is 22.1 Å². The van der Waals surface area contributed by atoms with Gasteiger partial charge in [0.2, 0.25) is 0 Å². The summed E-state index contributed by atoms with van der Waals surface area (Å²) in [5.74, 6) is 0.404. The van der Waals surface area contributed by atoms with E-state index in [9.17, 15) is 4.39 Å². The lowest BCUT2D eigenvalue weighted by molar-refractivity contribution is 0.624. The molecular weight excluding hydrogens is 261 g/mol. The van der Waals surface area contributed by atoms with E-state index in [1.807, 2.05) is 12.3 Å². The molecule has 1 aromatic carbocycles. The molecule has 1 heterocycles. The van der Waals surface area contributed by atoms with Crippen molar-refractivity contribution in [2.75, 3.05) is 11.4 Å². The second kappa shape index (κ2) is 4.98. The van der Waals surface area contributed by atoms with E-state index < -0.39 is 0 Å². The molecule has 0 bridgehead atoms. The summed E-state index contributed by atoms with van der Waals surface area (Å²) >= 11 is 10.1. The van der Waals surface area contributed by atoms with Crippen molar-refractivity contribution in [3.05, 3.63) is 46.9 Å². The zero-order chi connectivity index (χ0) is 12.4. The standard InChI is InChI=1S/C11H11ClFN3S/c1-15(17)11-4-5-16(14-11)7-8-2-3-9(13)6-10(8)12/h2-6,17H,7H2,1H3. The highest BCUT2D eigenvalue weighted by Gasteiger charge is 2.05. The number of rotatable bonds is 3. The number of thiol groups is 1. The van der Waals surface area contributed by atoms with Crippen LogP contribution in [-0.2, 0) is 6.54 Å². The molecule has 90 valence electrons. The van der Waals surface area contributed by atoms with Crippen LogP contribution in [0.1, 0.15) is 5.56 Å². The van der Waals surface area contributed by atoms with Crippen LogP contribution >= 0.6 is 24.4 Å². The first kappa shape index (κ1) is 12.3. The maximum absolute atomic E-state index is 12.9. The van der Waals surface area contributed by atoms with Gasteiger partial charge in [0.15, 0.2) is 5.82 Å². The summed E-state index contributed by atoms with van der Waals surface area (Å²) in [6.45, 7) is 0.501. The van der Waals surface area contributed by atoms with Crippen LogP contribution in [0.15, 0.2) is 30.5 Å². The van der Waals surface area contributed by atoms with Crippen molar-refractivity contribution in [1.29, 1.82) is 0 Å². The van der Waals surface area contributed by atoms with Gasteiger partial charge >= 0.3 is 0 Å². The van der Waals surface area contributed by atoms with Crippen molar-refractivity contribution < 1.29 is 4.39 Å². The smallest absolute Gasteiger partial charge is 0.160 e. The normalized spacial score (nSPS) is 10.6. The summed E-state index contributed by atoms with van der Waals surface area (Å²) in [6, 6.07) is 6.18. The van der Waals surface area contributed by atoms with Gasteiger partial charge in [0.05, 0.1) is 6.54 Å². The minimum Gasteiger partial charge on any atom is -0.305 e. The number of nitrogens with zero attached hydrogens (tertiary/aromatic N) is 3. The van der Waals surface area contributed by atoms with Crippen molar-refractivity contribution in [2.45, 2.75) is 6.54 Å². The molecule has 0 unspecified atom stereocenters. The van der Waals surface area contributed by atoms with Crippen LogP contribution in [0.2, 0.25) is 5.02 Å². The number of hydrogen-bond acceptors (Lipinski definition) is 3. The van der Waals surface area contributed by atoms with Crippen LogP contribution in [0.4, 0.5) is 10.2 Å². The molecule has 0 aliphatic rings. The highest BCUT2D eigenvalue weighted by Crippen LogP contribution is 2.19. The number of aromatic nitrogens is 2. The first-order valence-corrected chi connectivity index (χ1v) is 5.74. The van der Waals surface area contributed by atoms with Crippen LogP contribution in [0.5, 0.6) is 0 Å². The van der Waals surface area contributed by atoms with Gasteiger partial charge in [-0.2, -0.15) is 5.10 Å². The van der Waals surface area contributed by atoms with E-state index in [4.69, 9.17) is 11.6 Å². The van der Waals surface area contributed by atoms with Gasteiger partial charge in [0.25, 0.3) is 0 Å². The lowest BCUT2D eigenvalue weighted by Crippen LogP contribution is -2.05. The molecule has 0 N–H and O–H groups in total. The molecule has 0 aliphatic heterocycles. The largest absolute Gasteiger partial charge is 0.305 e. The molecule has 6 heteroatoms. The molecule has 2 aromatic rings. The zero-order valence-corrected chi connectivity index (χ0v) is 10.8. The molecular formula is C11H11ClFN3S. The lowest BCUT2D eigenvalue weighted by atomic mass is 10.2. The molecule has 0 saturated heterocycles. The lowest BCUT2D eigenvalue weighted by Gasteiger charge is -2.06. The van der Waals surface area contributed by atoms with Crippen LogP contribution in [0.25, 0.3) is 0 Å². The Morgan fingerprint density at radius 2 is 2.24 bits per heavy atom. The average Bonchev–Trinajstić information content (AvgIpc) is 2.71. The first-order chi connectivity index (χ1) is 8.06. The van der Waals surface area contributed by atoms with Crippen LogP contribution in [0.3, 0.4) is 0 Å². The maximum Gasteiger partial charge on any atom is 0.160 e. The van der Waals surface area contributed by atoms with E-state index in [2.05, 4.69) is 17.9 Å². The van der Waals surface area contributed by atoms with Gasteiger partial charge in [0.1, 0.15) is 5.82 Å². The van der Waals surface area contributed by atoms with E-state index in [0.717, 1.165) is 11.4 Å². The van der Waals surface area contributed by atoms with Gasteiger partial charge in [-0.1, -0.05) is 30.5 Å². The van der Waals surface area contributed by atoms with Crippen molar-refractivity contribution in [3.8, 4) is 0 Å². The molecule has 2 rings (SSSR count). The molecule has 1 aromatic heterocycles. The fraction of sp³-hybridized carbons (Fsp3) is 0.182. The van der Waals surface area contributed by atoms with E-state index in [0.29, 0.717) is 11.6 Å². The average molecular weight is 272 g/mol. The van der Waals surface area contributed by atoms with E-state index >= 15 is 0 Å². The number of benzene rings is 1. The highest BCUT2D eigenvalue weighted by molar-refractivity contribution is 7.81. The van der Waals surface area contributed by atoms with Crippen molar-refractivity contribution >= 4 is 30.2 Å². The Balaban J connectivity index is 2.19. The highest BCUT2D eigenvalue weighted by atomic mass is 35.5. The molecule has 17 heavy (non-hydrogen) atoms. The van der Waals surface area contributed by atoms with Gasteiger partial charge in [-0.15, -0.1) is 0 Å². The predicted molar refractivity (Wildman–Crippen MR) is 70.1 cm³/mol. The topological polar surface area (TPSA) is 21.1 Å². The second-order valence-corrected chi connectivity index (χ2v) is 4.64. The van der Waals surface area contributed by atoms with E-state index in [-0.39, 0.29) is 5.82 Å². The Morgan fingerprint density at radius 1 is 1.47 bits per heavy atom. The monoisotopic (exact) mass is 271 g/mol. The molecule has 0 radical (unpaired) electrons. The maximum atomic E-state index is 12.9. The molecule has 0 fully saturated rings. The summed E-state index contributed by atoms with van der Waals surface area (Å²) in [5, 5.41) is 4.69. The molecule has 0 spiro atoms. The fourth-order valence-electron chi connectivity index (χ4n) is 1.44. The van der Waals surface area contributed by atoms with Crippen LogP contribution in [0, 0.1) is 5.82 Å². The Bertz CT molecular complexity index is 527. The van der Waals surface area contributed by atoms with Gasteiger partial charge in [-0.3, -0.25) is 4.68 Å². The third-order valence-electron chi connectivity index (χ3n) is 2.31. The summed E-state index contributed by atoms with van der Waals surface area (Å²) in [4.78, 5) is 0. The molecule has 0 aliphatic carbocycles. The molecule has 3 nitrogen and oxygen atoms in total. The third-order valence-corrected chi connectivity index (χ3v) is 2.86. The van der Waals surface area contributed by atoms with Gasteiger partial charge in [-0.25, -0.2) is 4.39 Å². The molecule has 0 atom stereocenters. The molecule has 0 saturated carbocycles. The molecule has 0 amide bonds. The number of halogens is 2. The minimum absolute atomic E-state index is 0.338. The number of anilines is 1. The second-order valence-electron chi connectivity index (χ2n) is 3.63. The number of hydrogen-bond donors (Lipinski definition) is 1. The van der Waals surface area contributed by atoms with Gasteiger partial charge in [-0.05, 0) is 17.7 Å². The summed E-state index contributed by atoms with van der Waals surface area (Å²) in [7, 11) is 1.79. The fourth-order valence-corrected chi connectivity index (χ4v) is 1.77.